The number of piperidine rings is 1. The van der Waals surface area contributed by atoms with Crippen molar-refractivity contribution in [2.24, 2.45) is 11.7 Å². The molecule has 0 bridgehead atoms. The Balaban J connectivity index is 2.11. The second-order valence-corrected chi connectivity index (χ2v) is 5.18. The molecule has 1 heterocycles. The van der Waals surface area contributed by atoms with Crippen molar-refractivity contribution in [3.63, 3.8) is 0 Å². The van der Waals surface area contributed by atoms with Crippen LogP contribution in [0.3, 0.4) is 0 Å². The fourth-order valence-electron chi connectivity index (χ4n) is 2.66. The Kier molecular flexibility index (Phi) is 4.12. The van der Waals surface area contributed by atoms with E-state index in [0.717, 1.165) is 25.9 Å². The number of nitrogen functional groups attached to an aromatic ring is 1. The molecule has 20 heavy (non-hydrogen) atoms. The summed E-state index contributed by atoms with van der Waals surface area (Å²) >= 11 is 0. The number of nitrogens with zero attached hydrogens (tertiary/aromatic N) is 1. The number of anilines is 2. The molecule has 0 spiro atoms. The van der Waals surface area contributed by atoms with E-state index in [2.05, 4.69) is 0 Å². The number of carboxylic acids is 1. The molecule has 0 unspecified atom stereocenters. The van der Waals surface area contributed by atoms with Gasteiger partial charge in [-0.1, -0.05) is 0 Å². The largest absolute Gasteiger partial charge is 0.478 e. The number of rotatable bonds is 4. The normalized spacial score (nSPS) is 16.1. The first-order valence-corrected chi connectivity index (χ1v) is 6.63. The van der Waals surface area contributed by atoms with Crippen LogP contribution >= 0.6 is 0 Å². The average Bonchev–Trinajstić information content (AvgIpc) is 2.39. The zero-order valence-electron chi connectivity index (χ0n) is 11.2. The van der Waals surface area contributed by atoms with Crippen molar-refractivity contribution in [1.82, 2.24) is 0 Å². The van der Waals surface area contributed by atoms with Crippen LogP contribution in [0.5, 0.6) is 0 Å². The molecule has 108 valence electrons. The first kappa shape index (κ1) is 14.2. The van der Waals surface area contributed by atoms with E-state index in [1.165, 1.54) is 6.07 Å². The molecule has 5 N–H and O–H groups in total. The predicted octanol–water partition coefficient (Wildman–Crippen LogP) is 1.06. The van der Waals surface area contributed by atoms with E-state index in [1.807, 2.05) is 4.90 Å². The second-order valence-electron chi connectivity index (χ2n) is 5.18. The van der Waals surface area contributed by atoms with Crippen molar-refractivity contribution in [2.45, 2.75) is 19.3 Å². The topological polar surface area (TPSA) is 110 Å². The molecule has 1 aliphatic rings. The highest BCUT2D eigenvalue weighted by molar-refractivity contribution is 5.95. The number of nitrogens with two attached hydrogens (primary N) is 2. The Hall–Kier alpha value is -2.24. The molecule has 6 nitrogen and oxygen atoms in total. The Labute approximate surface area is 117 Å². The maximum absolute atomic E-state index is 11.3. The number of carbonyl (C=O) groups is 2. The summed E-state index contributed by atoms with van der Waals surface area (Å²) in [6.07, 6.45) is 2.08. The van der Waals surface area contributed by atoms with E-state index in [0.29, 0.717) is 23.7 Å². The number of benzene rings is 1. The lowest BCUT2D eigenvalue weighted by atomic mass is 9.92. The molecule has 6 heteroatoms. The highest BCUT2D eigenvalue weighted by Crippen LogP contribution is 2.29. The molecule has 1 saturated heterocycles. The first-order chi connectivity index (χ1) is 9.47. The first-order valence-electron chi connectivity index (χ1n) is 6.63. The van der Waals surface area contributed by atoms with E-state index >= 15 is 0 Å². The lowest BCUT2D eigenvalue weighted by molar-refractivity contribution is -0.119. The zero-order chi connectivity index (χ0) is 14.7. The van der Waals surface area contributed by atoms with Crippen molar-refractivity contribution in [2.75, 3.05) is 23.7 Å². The summed E-state index contributed by atoms with van der Waals surface area (Å²) in [4.78, 5) is 24.2. The molecule has 2 rings (SSSR count). The lowest BCUT2D eigenvalue weighted by Gasteiger charge is -2.34. The van der Waals surface area contributed by atoms with Gasteiger partial charge >= 0.3 is 5.97 Å². The van der Waals surface area contributed by atoms with E-state index < -0.39 is 5.97 Å². The number of carbonyl (C=O) groups excluding carboxylic acids is 1. The van der Waals surface area contributed by atoms with Gasteiger partial charge in [-0.05, 0) is 37.0 Å². The third kappa shape index (κ3) is 3.20. The highest BCUT2D eigenvalue weighted by atomic mass is 16.4. The Bertz CT molecular complexity index is 522. The van der Waals surface area contributed by atoms with Gasteiger partial charge in [0.25, 0.3) is 0 Å². The summed E-state index contributed by atoms with van der Waals surface area (Å²) in [5.74, 6) is -0.959. The number of amides is 1. The highest BCUT2D eigenvalue weighted by Gasteiger charge is 2.23. The molecule has 0 saturated carbocycles. The second kappa shape index (κ2) is 5.81. The molecule has 1 aromatic rings. The number of primary amides is 1. The molecule has 1 amide bonds. The van der Waals surface area contributed by atoms with Crippen LogP contribution in [0.1, 0.15) is 29.6 Å². The molecule has 1 aromatic carbocycles. The Morgan fingerprint density at radius 1 is 1.30 bits per heavy atom. The minimum absolute atomic E-state index is 0.221. The monoisotopic (exact) mass is 277 g/mol. The summed E-state index contributed by atoms with van der Waals surface area (Å²) in [6.45, 7) is 1.45. The van der Waals surface area contributed by atoms with Crippen LogP contribution in [-0.2, 0) is 4.79 Å². The van der Waals surface area contributed by atoms with Gasteiger partial charge < -0.3 is 21.5 Å². The summed E-state index contributed by atoms with van der Waals surface area (Å²) in [5.41, 5.74) is 12.2. The number of carboxylic acid groups (broad SMARTS) is 1. The van der Waals surface area contributed by atoms with Gasteiger partial charge in [0.1, 0.15) is 0 Å². The fraction of sp³-hybridized carbons (Fsp3) is 0.429. The summed E-state index contributed by atoms with van der Waals surface area (Å²) in [6, 6.07) is 4.93. The van der Waals surface area contributed by atoms with E-state index in [9.17, 15) is 14.7 Å². The molecule has 0 aromatic heterocycles. The standard InChI is InChI=1S/C14H19N3O3/c15-10-1-2-12(11(8-10)14(19)20)17-5-3-9(4-6-17)7-13(16)18/h1-2,8-9H,3-7,15H2,(H2,16,18)(H,19,20). The van der Waals surface area contributed by atoms with E-state index in [-0.39, 0.29) is 11.5 Å². The van der Waals surface area contributed by atoms with Gasteiger partial charge in [0.2, 0.25) is 5.91 Å². The van der Waals surface area contributed by atoms with Crippen LogP contribution in [-0.4, -0.2) is 30.1 Å². The molecule has 0 atom stereocenters. The van der Waals surface area contributed by atoms with Crippen LogP contribution in [0.4, 0.5) is 11.4 Å². The van der Waals surface area contributed by atoms with Crippen molar-refractivity contribution in [1.29, 1.82) is 0 Å². The SMILES string of the molecule is NC(=O)CC1CCN(c2ccc(N)cc2C(=O)O)CC1. The van der Waals surface area contributed by atoms with Crippen molar-refractivity contribution >= 4 is 23.3 Å². The van der Waals surface area contributed by atoms with Crippen LogP contribution in [0, 0.1) is 5.92 Å². The summed E-state index contributed by atoms with van der Waals surface area (Å²) in [5, 5.41) is 9.25. The van der Waals surface area contributed by atoms with Gasteiger partial charge in [-0.2, -0.15) is 0 Å². The minimum atomic E-state index is -0.980. The lowest BCUT2D eigenvalue weighted by Crippen LogP contribution is -2.35. The number of hydrogen-bond acceptors (Lipinski definition) is 4. The van der Waals surface area contributed by atoms with Crippen LogP contribution in [0.15, 0.2) is 18.2 Å². The Morgan fingerprint density at radius 3 is 2.50 bits per heavy atom. The zero-order valence-corrected chi connectivity index (χ0v) is 11.2. The van der Waals surface area contributed by atoms with Gasteiger partial charge in [-0.15, -0.1) is 0 Å². The van der Waals surface area contributed by atoms with Crippen LogP contribution in [0.2, 0.25) is 0 Å². The minimum Gasteiger partial charge on any atom is -0.478 e. The third-order valence-corrected chi connectivity index (χ3v) is 3.70. The van der Waals surface area contributed by atoms with E-state index in [4.69, 9.17) is 11.5 Å². The van der Waals surface area contributed by atoms with Crippen molar-refractivity contribution in [3.8, 4) is 0 Å². The molecular formula is C14H19N3O3. The quantitative estimate of drug-likeness (QED) is 0.713. The average molecular weight is 277 g/mol. The van der Waals surface area contributed by atoms with Gasteiger partial charge in [0, 0.05) is 25.2 Å². The molecule has 0 radical (unpaired) electrons. The molecular weight excluding hydrogens is 258 g/mol. The summed E-state index contributed by atoms with van der Waals surface area (Å²) in [7, 11) is 0. The molecule has 1 fully saturated rings. The van der Waals surface area contributed by atoms with Crippen molar-refractivity contribution < 1.29 is 14.7 Å². The fourth-order valence-corrected chi connectivity index (χ4v) is 2.66. The smallest absolute Gasteiger partial charge is 0.337 e. The van der Waals surface area contributed by atoms with Crippen molar-refractivity contribution in [3.05, 3.63) is 23.8 Å². The van der Waals surface area contributed by atoms with Crippen LogP contribution < -0.4 is 16.4 Å². The van der Waals surface area contributed by atoms with Gasteiger partial charge in [-0.3, -0.25) is 4.79 Å². The summed E-state index contributed by atoms with van der Waals surface area (Å²) < 4.78 is 0. The van der Waals surface area contributed by atoms with Gasteiger partial charge in [0.05, 0.1) is 11.3 Å². The van der Waals surface area contributed by atoms with E-state index in [1.54, 1.807) is 12.1 Å². The maximum Gasteiger partial charge on any atom is 0.337 e. The third-order valence-electron chi connectivity index (χ3n) is 3.70. The number of aromatic carboxylic acids is 1. The maximum atomic E-state index is 11.3. The van der Waals surface area contributed by atoms with Crippen LogP contribution in [0.25, 0.3) is 0 Å². The molecule has 0 aliphatic carbocycles. The molecule has 1 aliphatic heterocycles. The van der Waals surface area contributed by atoms with Gasteiger partial charge in [0.15, 0.2) is 0 Å². The number of hydrogen-bond donors (Lipinski definition) is 3. The predicted molar refractivity (Wildman–Crippen MR) is 76.6 cm³/mol. The van der Waals surface area contributed by atoms with Gasteiger partial charge in [-0.25, -0.2) is 4.79 Å². The Morgan fingerprint density at radius 2 is 1.95 bits per heavy atom.